The number of methoxy groups -OCH3 is 3. The van der Waals surface area contributed by atoms with Crippen LogP contribution in [0.4, 0.5) is 5.69 Å². The lowest BCUT2D eigenvalue weighted by atomic mass is 10.1. The van der Waals surface area contributed by atoms with Gasteiger partial charge in [-0.1, -0.05) is 5.21 Å². The fraction of sp³-hybridized carbons (Fsp3) is 0.188. The quantitative estimate of drug-likeness (QED) is 0.745. The number of carbonyl (C=O) groups is 1. The molecule has 0 aliphatic rings. The van der Waals surface area contributed by atoms with E-state index in [1.165, 1.54) is 21.3 Å². The molecule has 0 radical (unpaired) electrons. The topological polar surface area (TPSA) is 98.4 Å². The first kappa shape index (κ1) is 15.6. The van der Waals surface area contributed by atoms with Gasteiger partial charge in [-0.15, -0.1) is 5.10 Å². The van der Waals surface area contributed by atoms with E-state index in [1.54, 1.807) is 30.3 Å². The molecule has 0 saturated heterocycles. The smallest absolute Gasteiger partial charge is 0.255 e. The molecule has 3 aromatic rings. The average molecular weight is 328 g/mol. The van der Waals surface area contributed by atoms with Crippen LogP contribution >= 0.6 is 0 Å². The van der Waals surface area contributed by atoms with Crippen molar-refractivity contribution in [2.45, 2.75) is 0 Å². The van der Waals surface area contributed by atoms with E-state index in [4.69, 9.17) is 14.2 Å². The number of nitrogens with zero attached hydrogens (tertiary/aromatic N) is 2. The zero-order chi connectivity index (χ0) is 17.1. The van der Waals surface area contributed by atoms with Crippen LogP contribution in [-0.4, -0.2) is 42.6 Å². The number of amides is 1. The molecule has 3 rings (SSSR count). The predicted octanol–water partition coefficient (Wildman–Crippen LogP) is 2.24. The first-order valence-electron chi connectivity index (χ1n) is 7.08. The molecule has 0 unspecified atom stereocenters. The van der Waals surface area contributed by atoms with E-state index in [0.717, 1.165) is 5.52 Å². The van der Waals surface area contributed by atoms with Crippen molar-refractivity contribution in [2.24, 2.45) is 0 Å². The molecule has 1 aromatic heterocycles. The third-order valence-corrected chi connectivity index (χ3v) is 3.51. The number of H-pyrrole nitrogens is 1. The summed E-state index contributed by atoms with van der Waals surface area (Å²) in [4.78, 5) is 12.5. The van der Waals surface area contributed by atoms with Gasteiger partial charge in [0.15, 0.2) is 11.5 Å². The molecular weight excluding hydrogens is 312 g/mol. The number of hydrogen-bond acceptors (Lipinski definition) is 6. The van der Waals surface area contributed by atoms with Crippen LogP contribution < -0.4 is 19.5 Å². The van der Waals surface area contributed by atoms with Crippen LogP contribution in [0, 0.1) is 0 Å². The van der Waals surface area contributed by atoms with Crippen LogP contribution in [0.3, 0.4) is 0 Å². The van der Waals surface area contributed by atoms with Crippen molar-refractivity contribution in [3.63, 3.8) is 0 Å². The van der Waals surface area contributed by atoms with E-state index in [9.17, 15) is 4.79 Å². The molecule has 0 aliphatic carbocycles. The van der Waals surface area contributed by atoms with E-state index in [1.807, 2.05) is 0 Å². The van der Waals surface area contributed by atoms with Crippen LogP contribution in [0.15, 0.2) is 30.3 Å². The molecule has 8 heteroatoms. The zero-order valence-electron chi connectivity index (χ0n) is 13.4. The monoisotopic (exact) mass is 328 g/mol. The first-order valence-corrected chi connectivity index (χ1v) is 7.08. The Morgan fingerprint density at radius 1 is 1.04 bits per heavy atom. The fourth-order valence-electron chi connectivity index (χ4n) is 2.33. The summed E-state index contributed by atoms with van der Waals surface area (Å²) in [7, 11) is 4.50. The van der Waals surface area contributed by atoms with Gasteiger partial charge in [-0.05, 0) is 30.3 Å². The number of hydrogen-bond donors (Lipinski definition) is 2. The van der Waals surface area contributed by atoms with Gasteiger partial charge in [0.2, 0.25) is 5.75 Å². The zero-order valence-corrected chi connectivity index (χ0v) is 13.4. The van der Waals surface area contributed by atoms with Crippen molar-refractivity contribution >= 4 is 22.6 Å². The minimum atomic E-state index is -0.308. The Morgan fingerprint density at radius 3 is 2.38 bits per heavy atom. The maximum atomic E-state index is 12.5. The molecule has 2 aromatic carbocycles. The van der Waals surface area contributed by atoms with Crippen LogP contribution in [0.5, 0.6) is 17.2 Å². The average Bonchev–Trinajstić information content (AvgIpc) is 3.07. The number of nitrogens with one attached hydrogen (secondary N) is 2. The second-order valence-corrected chi connectivity index (χ2v) is 4.91. The number of ether oxygens (including phenoxy) is 3. The van der Waals surface area contributed by atoms with Gasteiger partial charge < -0.3 is 19.5 Å². The summed E-state index contributed by atoms with van der Waals surface area (Å²) in [6.45, 7) is 0. The summed E-state index contributed by atoms with van der Waals surface area (Å²) in [5.41, 5.74) is 2.44. The molecule has 1 amide bonds. The number of rotatable bonds is 5. The third-order valence-electron chi connectivity index (χ3n) is 3.51. The van der Waals surface area contributed by atoms with E-state index in [0.29, 0.717) is 34.0 Å². The van der Waals surface area contributed by atoms with Gasteiger partial charge in [0.1, 0.15) is 5.52 Å². The molecular formula is C16H16N4O4. The van der Waals surface area contributed by atoms with E-state index >= 15 is 0 Å². The number of aromatic nitrogens is 3. The first-order chi connectivity index (χ1) is 11.7. The van der Waals surface area contributed by atoms with E-state index < -0.39 is 0 Å². The molecule has 2 N–H and O–H groups in total. The van der Waals surface area contributed by atoms with Gasteiger partial charge in [0.05, 0.1) is 26.8 Å². The van der Waals surface area contributed by atoms with Gasteiger partial charge in [-0.3, -0.25) is 9.89 Å². The minimum Gasteiger partial charge on any atom is -0.493 e. The summed E-state index contributed by atoms with van der Waals surface area (Å²) < 4.78 is 15.8. The Hall–Kier alpha value is -3.29. The normalized spacial score (nSPS) is 10.5. The number of fused-ring (bicyclic) bond motifs is 1. The van der Waals surface area contributed by atoms with Gasteiger partial charge in [-0.25, -0.2) is 0 Å². The molecule has 0 aliphatic heterocycles. The van der Waals surface area contributed by atoms with Crippen molar-refractivity contribution in [1.29, 1.82) is 0 Å². The Labute approximate surface area is 137 Å². The molecule has 0 bridgehead atoms. The summed E-state index contributed by atoms with van der Waals surface area (Å²) >= 11 is 0. The number of aromatic amines is 1. The molecule has 0 saturated carbocycles. The van der Waals surface area contributed by atoms with Crippen molar-refractivity contribution in [2.75, 3.05) is 26.6 Å². The second kappa shape index (κ2) is 6.45. The highest BCUT2D eigenvalue weighted by Gasteiger charge is 2.17. The lowest BCUT2D eigenvalue weighted by Gasteiger charge is -2.14. The molecule has 124 valence electrons. The molecule has 8 nitrogen and oxygen atoms in total. The Balaban J connectivity index is 1.91. The fourth-order valence-corrected chi connectivity index (χ4v) is 2.33. The van der Waals surface area contributed by atoms with E-state index in [2.05, 4.69) is 20.7 Å². The summed E-state index contributed by atoms with van der Waals surface area (Å²) in [6.07, 6.45) is 0. The number of benzene rings is 2. The van der Waals surface area contributed by atoms with Crippen molar-refractivity contribution in [3.05, 3.63) is 35.9 Å². The van der Waals surface area contributed by atoms with Crippen molar-refractivity contribution in [3.8, 4) is 17.2 Å². The lowest BCUT2D eigenvalue weighted by molar-refractivity contribution is 0.102. The Morgan fingerprint density at radius 2 is 1.75 bits per heavy atom. The molecule has 0 fully saturated rings. The largest absolute Gasteiger partial charge is 0.493 e. The standard InChI is InChI=1S/C16H16N4O4/c1-22-13-6-9(7-14(23-2)15(13)24-3)16(21)17-10-4-5-11-12(8-10)19-20-18-11/h4-8H,1-3H3,(H,17,21)(H,18,19,20). The van der Waals surface area contributed by atoms with E-state index in [-0.39, 0.29) is 5.91 Å². The maximum absolute atomic E-state index is 12.5. The second-order valence-electron chi connectivity index (χ2n) is 4.91. The SMILES string of the molecule is COc1cc(C(=O)Nc2ccc3[nH]nnc3c2)cc(OC)c1OC. The van der Waals surface area contributed by atoms with Crippen LogP contribution in [0.1, 0.15) is 10.4 Å². The van der Waals surface area contributed by atoms with Crippen molar-refractivity contribution in [1.82, 2.24) is 15.4 Å². The predicted molar refractivity (Wildman–Crippen MR) is 87.9 cm³/mol. The van der Waals surface area contributed by atoms with Gasteiger partial charge in [0.25, 0.3) is 5.91 Å². The van der Waals surface area contributed by atoms with Gasteiger partial charge in [-0.2, -0.15) is 0 Å². The van der Waals surface area contributed by atoms with Crippen LogP contribution in [0.2, 0.25) is 0 Å². The summed E-state index contributed by atoms with van der Waals surface area (Å²) in [5, 5.41) is 13.2. The molecule has 24 heavy (non-hydrogen) atoms. The molecule has 0 spiro atoms. The van der Waals surface area contributed by atoms with Crippen LogP contribution in [-0.2, 0) is 0 Å². The molecule has 1 heterocycles. The molecule has 0 atom stereocenters. The number of anilines is 1. The Kier molecular flexibility index (Phi) is 4.19. The summed E-state index contributed by atoms with van der Waals surface area (Å²) in [5.74, 6) is 0.945. The highest BCUT2D eigenvalue weighted by Crippen LogP contribution is 2.38. The maximum Gasteiger partial charge on any atom is 0.255 e. The van der Waals surface area contributed by atoms with Gasteiger partial charge >= 0.3 is 0 Å². The minimum absolute atomic E-state index is 0.308. The number of carbonyl (C=O) groups excluding carboxylic acids is 1. The Bertz CT molecular complexity index is 866. The highest BCUT2D eigenvalue weighted by molar-refractivity contribution is 6.05. The summed E-state index contributed by atoms with van der Waals surface area (Å²) in [6, 6.07) is 8.46. The van der Waals surface area contributed by atoms with Crippen molar-refractivity contribution < 1.29 is 19.0 Å². The van der Waals surface area contributed by atoms with Gasteiger partial charge in [0, 0.05) is 11.3 Å². The third kappa shape index (κ3) is 2.81. The lowest BCUT2D eigenvalue weighted by Crippen LogP contribution is -2.12. The highest BCUT2D eigenvalue weighted by atomic mass is 16.5. The van der Waals surface area contributed by atoms with Crippen LogP contribution in [0.25, 0.3) is 11.0 Å².